The molecule has 4 rings (SSSR count). The minimum absolute atomic E-state index is 0.148. The van der Waals surface area contributed by atoms with E-state index < -0.39 is 0 Å². The van der Waals surface area contributed by atoms with Gasteiger partial charge in [0.2, 0.25) is 5.91 Å². The van der Waals surface area contributed by atoms with Crippen LogP contribution in [0.1, 0.15) is 29.9 Å². The molecule has 0 bridgehead atoms. The van der Waals surface area contributed by atoms with Crippen LogP contribution in [0, 0.1) is 6.92 Å². The second-order valence-corrected chi connectivity index (χ2v) is 6.22. The quantitative estimate of drug-likeness (QED) is 0.777. The van der Waals surface area contributed by atoms with Crippen molar-refractivity contribution in [3.8, 4) is 0 Å². The number of pyridine rings is 1. The van der Waals surface area contributed by atoms with Crippen molar-refractivity contribution in [3.05, 3.63) is 45.8 Å². The summed E-state index contributed by atoms with van der Waals surface area (Å²) in [6.07, 6.45) is 5.44. The van der Waals surface area contributed by atoms with Gasteiger partial charge >= 0.3 is 0 Å². The summed E-state index contributed by atoms with van der Waals surface area (Å²) in [6, 6.07) is 3.48. The first kappa shape index (κ1) is 15.5. The van der Waals surface area contributed by atoms with Crippen LogP contribution in [0.25, 0.3) is 11.0 Å². The highest BCUT2D eigenvalue weighted by Crippen LogP contribution is 2.21. The normalized spacial score (nSPS) is 13.6. The molecule has 0 aliphatic heterocycles. The molecule has 3 heterocycles. The summed E-state index contributed by atoms with van der Waals surface area (Å²) in [6.45, 7) is 1.58. The highest BCUT2D eigenvalue weighted by molar-refractivity contribution is 5.89. The smallest absolute Gasteiger partial charge is 0.263 e. The zero-order valence-electron chi connectivity index (χ0n) is 13.8. The first-order valence-electron chi connectivity index (χ1n) is 8.21. The number of nitrogens with one attached hydrogen (secondary N) is 1. The van der Waals surface area contributed by atoms with Gasteiger partial charge in [0.1, 0.15) is 18.6 Å². The average molecular weight is 339 g/mol. The molecule has 0 unspecified atom stereocenters. The number of nitrogens with zero attached hydrogens (tertiary/aromatic N) is 4. The Morgan fingerprint density at radius 2 is 2.16 bits per heavy atom. The van der Waals surface area contributed by atoms with Gasteiger partial charge in [-0.1, -0.05) is 5.16 Å². The van der Waals surface area contributed by atoms with Gasteiger partial charge in [0.05, 0.1) is 5.39 Å². The van der Waals surface area contributed by atoms with Gasteiger partial charge in [0.25, 0.3) is 5.56 Å². The van der Waals surface area contributed by atoms with E-state index in [1.54, 1.807) is 13.0 Å². The number of rotatable bonds is 3. The first-order chi connectivity index (χ1) is 12.1. The van der Waals surface area contributed by atoms with Crippen LogP contribution >= 0.6 is 0 Å². The Bertz CT molecular complexity index is 1020. The van der Waals surface area contributed by atoms with Crippen LogP contribution in [-0.2, 0) is 24.2 Å². The Kier molecular flexibility index (Phi) is 3.79. The van der Waals surface area contributed by atoms with Gasteiger partial charge in [-0.15, -0.1) is 0 Å². The monoisotopic (exact) mass is 339 g/mol. The van der Waals surface area contributed by atoms with Crippen molar-refractivity contribution < 1.29 is 9.32 Å². The number of carbonyl (C=O) groups excluding carboxylic acids is 1. The van der Waals surface area contributed by atoms with Crippen LogP contribution in [0.5, 0.6) is 0 Å². The van der Waals surface area contributed by atoms with Gasteiger partial charge in [-0.05, 0) is 44.2 Å². The van der Waals surface area contributed by atoms with Crippen LogP contribution < -0.4 is 10.9 Å². The van der Waals surface area contributed by atoms with E-state index in [2.05, 4.69) is 20.4 Å². The summed E-state index contributed by atoms with van der Waals surface area (Å²) >= 11 is 0. The zero-order valence-corrected chi connectivity index (χ0v) is 13.8. The molecule has 0 saturated heterocycles. The van der Waals surface area contributed by atoms with Crippen LogP contribution in [0.2, 0.25) is 0 Å². The molecule has 0 aromatic carbocycles. The number of aromatic nitrogens is 4. The number of anilines is 1. The molecule has 8 nitrogen and oxygen atoms in total. The summed E-state index contributed by atoms with van der Waals surface area (Å²) in [5.41, 5.74) is 2.31. The second kappa shape index (κ2) is 6.12. The minimum Gasteiger partial charge on any atom is -0.360 e. The second-order valence-electron chi connectivity index (χ2n) is 6.22. The maximum atomic E-state index is 12.7. The molecule has 128 valence electrons. The Labute approximate surface area is 142 Å². The fraction of sp³-hybridized carbons (Fsp3) is 0.353. The molecule has 1 aliphatic rings. The average Bonchev–Trinajstić information content (AvgIpc) is 3.01. The lowest BCUT2D eigenvalue weighted by Gasteiger charge is -2.15. The summed E-state index contributed by atoms with van der Waals surface area (Å²) < 4.78 is 6.18. The SMILES string of the molecule is Cc1cc(NC(=O)Cn2cnc3nc4c(cc3c2=O)CCCC4)no1. The van der Waals surface area contributed by atoms with Crippen LogP contribution in [0.3, 0.4) is 0 Å². The van der Waals surface area contributed by atoms with E-state index in [4.69, 9.17) is 4.52 Å². The Morgan fingerprint density at radius 3 is 2.96 bits per heavy atom. The number of aryl methyl sites for hydroxylation is 3. The van der Waals surface area contributed by atoms with E-state index in [9.17, 15) is 9.59 Å². The van der Waals surface area contributed by atoms with Gasteiger partial charge in [0.15, 0.2) is 11.5 Å². The Balaban J connectivity index is 1.62. The minimum atomic E-state index is -0.373. The number of hydrogen-bond acceptors (Lipinski definition) is 6. The fourth-order valence-electron chi connectivity index (χ4n) is 3.09. The third-order valence-corrected chi connectivity index (χ3v) is 4.30. The fourth-order valence-corrected chi connectivity index (χ4v) is 3.09. The molecule has 0 fully saturated rings. The number of carbonyl (C=O) groups is 1. The lowest BCUT2D eigenvalue weighted by atomic mass is 9.95. The first-order valence-corrected chi connectivity index (χ1v) is 8.21. The van der Waals surface area contributed by atoms with Crippen LogP contribution in [-0.4, -0.2) is 25.6 Å². The standard InChI is InChI=1S/C17H17N5O3/c1-10-6-14(21-25-10)20-15(23)8-22-9-18-16-12(17(22)24)7-11-4-2-3-5-13(11)19-16/h6-7,9H,2-5,8H2,1H3,(H,20,21,23). The largest absolute Gasteiger partial charge is 0.360 e. The lowest BCUT2D eigenvalue weighted by molar-refractivity contribution is -0.116. The Morgan fingerprint density at radius 1 is 1.32 bits per heavy atom. The van der Waals surface area contributed by atoms with Gasteiger partial charge in [-0.2, -0.15) is 0 Å². The summed E-state index contributed by atoms with van der Waals surface area (Å²) in [7, 11) is 0. The van der Waals surface area contributed by atoms with Crippen molar-refractivity contribution in [3.63, 3.8) is 0 Å². The summed E-state index contributed by atoms with van der Waals surface area (Å²) in [5.74, 6) is 0.540. The third-order valence-electron chi connectivity index (χ3n) is 4.30. The molecule has 3 aromatic rings. The predicted molar refractivity (Wildman–Crippen MR) is 90.3 cm³/mol. The summed E-state index contributed by atoms with van der Waals surface area (Å²) in [4.78, 5) is 33.6. The number of amides is 1. The highest BCUT2D eigenvalue weighted by Gasteiger charge is 2.16. The van der Waals surface area contributed by atoms with E-state index >= 15 is 0 Å². The molecular formula is C17H17N5O3. The van der Waals surface area contributed by atoms with Crippen molar-refractivity contribution in [2.24, 2.45) is 0 Å². The van der Waals surface area contributed by atoms with Gasteiger partial charge in [-0.25, -0.2) is 9.97 Å². The molecule has 0 saturated carbocycles. The van der Waals surface area contributed by atoms with Crippen molar-refractivity contribution in [1.29, 1.82) is 0 Å². The lowest BCUT2D eigenvalue weighted by Crippen LogP contribution is -2.28. The van der Waals surface area contributed by atoms with Gasteiger partial charge < -0.3 is 9.84 Å². The van der Waals surface area contributed by atoms with Gasteiger partial charge in [0, 0.05) is 11.8 Å². The molecule has 1 amide bonds. The van der Waals surface area contributed by atoms with E-state index in [0.717, 1.165) is 36.9 Å². The molecule has 25 heavy (non-hydrogen) atoms. The maximum Gasteiger partial charge on any atom is 0.263 e. The van der Waals surface area contributed by atoms with Crippen LogP contribution in [0.15, 0.2) is 27.8 Å². The molecule has 3 aromatic heterocycles. The summed E-state index contributed by atoms with van der Waals surface area (Å²) in [5, 5.41) is 6.74. The van der Waals surface area contributed by atoms with E-state index in [1.807, 2.05) is 6.07 Å². The molecular weight excluding hydrogens is 322 g/mol. The number of hydrogen-bond donors (Lipinski definition) is 1. The van der Waals surface area contributed by atoms with Crippen molar-refractivity contribution in [2.45, 2.75) is 39.2 Å². The van der Waals surface area contributed by atoms with Gasteiger partial charge in [-0.3, -0.25) is 14.2 Å². The predicted octanol–water partition coefficient (Wildman–Crippen LogP) is 1.61. The van der Waals surface area contributed by atoms with Crippen molar-refractivity contribution in [2.75, 3.05) is 5.32 Å². The molecule has 1 N–H and O–H groups in total. The molecule has 8 heteroatoms. The molecule has 0 spiro atoms. The zero-order chi connectivity index (χ0) is 17.4. The third kappa shape index (κ3) is 3.02. The van der Waals surface area contributed by atoms with E-state index in [-0.39, 0.29) is 18.0 Å². The Hall–Kier alpha value is -3.03. The molecule has 0 radical (unpaired) electrons. The molecule has 1 aliphatic carbocycles. The van der Waals surface area contributed by atoms with Crippen molar-refractivity contribution in [1.82, 2.24) is 19.7 Å². The van der Waals surface area contributed by atoms with E-state index in [1.165, 1.54) is 10.9 Å². The highest BCUT2D eigenvalue weighted by atomic mass is 16.5. The van der Waals surface area contributed by atoms with Crippen LogP contribution in [0.4, 0.5) is 5.82 Å². The number of fused-ring (bicyclic) bond motifs is 2. The maximum absolute atomic E-state index is 12.7. The van der Waals surface area contributed by atoms with E-state index in [0.29, 0.717) is 22.6 Å². The molecule has 0 atom stereocenters. The van der Waals surface area contributed by atoms with Crippen molar-refractivity contribution >= 4 is 22.8 Å². The topological polar surface area (TPSA) is 103 Å².